The first-order valence-electron chi connectivity index (χ1n) is 3.65. The highest BCUT2D eigenvalue weighted by Gasteiger charge is 2.20. The first-order valence-corrected chi connectivity index (χ1v) is 7.80. The van der Waals surface area contributed by atoms with Gasteiger partial charge in [0.15, 0.2) is 0 Å². The van der Waals surface area contributed by atoms with Gasteiger partial charge in [0.2, 0.25) is 18.2 Å². The van der Waals surface area contributed by atoms with Crippen molar-refractivity contribution in [3.63, 3.8) is 0 Å². The first-order chi connectivity index (χ1) is 5.08. The van der Waals surface area contributed by atoms with Crippen molar-refractivity contribution in [2.45, 2.75) is 25.0 Å². The Bertz CT molecular complexity index is 207. The topological polar surface area (TPSA) is 63.6 Å². The summed E-state index contributed by atoms with van der Waals surface area (Å²) in [6.07, 6.45) is 2.83. The van der Waals surface area contributed by atoms with Crippen LogP contribution in [0.4, 0.5) is 0 Å². The molecule has 0 aromatic carbocycles. The summed E-state index contributed by atoms with van der Waals surface area (Å²) in [6.45, 7) is 0.646. The van der Waals surface area contributed by atoms with E-state index in [2.05, 4.69) is 0 Å². The molecule has 1 atom stereocenters. The molecule has 0 amide bonds. The maximum Gasteiger partial charge on any atom is 0.229 e. The van der Waals surface area contributed by atoms with Crippen LogP contribution in [0.5, 0.6) is 0 Å². The maximum absolute atomic E-state index is 10.4. The fourth-order valence-electron chi connectivity index (χ4n) is 1.17. The summed E-state index contributed by atoms with van der Waals surface area (Å²) in [5, 5.41) is 0. The van der Waals surface area contributed by atoms with E-state index in [0.717, 1.165) is 19.3 Å². The molecule has 0 aromatic heterocycles. The third-order valence-electron chi connectivity index (χ3n) is 1.67. The largest absolute Gasteiger partial charge is 0.381 e. The molecular formula is C5H12O4SSi. The van der Waals surface area contributed by atoms with Crippen molar-refractivity contribution in [1.82, 2.24) is 0 Å². The molecule has 1 aliphatic heterocycles. The zero-order valence-corrected chi connectivity index (χ0v) is 8.42. The Hall–Kier alpha value is 0.0869. The molecule has 4 nitrogen and oxygen atoms in total. The predicted octanol–water partition coefficient (Wildman–Crippen LogP) is -0.515. The second-order valence-electron chi connectivity index (χ2n) is 2.74. The van der Waals surface area contributed by atoms with E-state index in [4.69, 9.17) is 9.29 Å². The summed E-state index contributed by atoms with van der Waals surface area (Å²) < 4.78 is 34.6. The standard InChI is InChI=1S/C5H12O4SSi/c6-10(7,8)11-5-3-1-2-4-9-5/h5H,1-4,11H2,(H,6,7,8). The van der Waals surface area contributed by atoms with Crippen LogP contribution in [-0.2, 0) is 14.3 Å². The minimum absolute atomic E-state index is 0.154. The number of hydrogen-bond acceptors (Lipinski definition) is 3. The third kappa shape index (κ3) is 3.85. The molecule has 0 bridgehead atoms. The van der Waals surface area contributed by atoms with Crippen LogP contribution in [0.3, 0.4) is 0 Å². The molecule has 0 spiro atoms. The van der Waals surface area contributed by atoms with Crippen LogP contribution in [0.2, 0.25) is 0 Å². The lowest BCUT2D eigenvalue weighted by Crippen LogP contribution is -2.30. The lowest BCUT2D eigenvalue weighted by atomic mass is 10.2. The van der Waals surface area contributed by atoms with Gasteiger partial charge in [0, 0.05) is 6.61 Å². The Morgan fingerprint density at radius 1 is 1.45 bits per heavy atom. The molecule has 1 N–H and O–H groups in total. The van der Waals surface area contributed by atoms with Crippen LogP contribution >= 0.6 is 0 Å². The average Bonchev–Trinajstić information content (AvgIpc) is 1.85. The van der Waals surface area contributed by atoms with Crippen molar-refractivity contribution in [1.29, 1.82) is 0 Å². The summed E-state index contributed by atoms with van der Waals surface area (Å²) in [4.78, 5) is 0. The highest BCUT2D eigenvalue weighted by Crippen LogP contribution is 2.12. The summed E-state index contributed by atoms with van der Waals surface area (Å²) in [6, 6.07) is 0. The van der Waals surface area contributed by atoms with E-state index in [1.807, 2.05) is 0 Å². The fourth-order valence-corrected chi connectivity index (χ4v) is 4.56. The fraction of sp³-hybridized carbons (Fsp3) is 1.00. The molecule has 1 fully saturated rings. The highest BCUT2D eigenvalue weighted by molar-refractivity contribution is 8.10. The summed E-state index contributed by atoms with van der Waals surface area (Å²) in [5.74, 6) is 0. The van der Waals surface area contributed by atoms with E-state index in [0.29, 0.717) is 6.61 Å². The zero-order valence-electron chi connectivity index (χ0n) is 6.19. The smallest absolute Gasteiger partial charge is 0.229 e. The monoisotopic (exact) mass is 196 g/mol. The normalized spacial score (nSPS) is 27.9. The molecule has 6 heteroatoms. The summed E-state index contributed by atoms with van der Waals surface area (Å²) in [7, 11) is -5.20. The average molecular weight is 196 g/mol. The molecule has 66 valence electrons. The SMILES string of the molecule is O=S(=O)(O)[SiH2]C1CCCCO1. The van der Waals surface area contributed by atoms with Gasteiger partial charge in [-0.2, -0.15) is 0 Å². The van der Waals surface area contributed by atoms with Crippen LogP contribution in [0.1, 0.15) is 19.3 Å². The van der Waals surface area contributed by atoms with E-state index in [-0.39, 0.29) is 5.73 Å². The second kappa shape index (κ2) is 3.66. The minimum atomic E-state index is -3.71. The molecule has 1 saturated heterocycles. The quantitative estimate of drug-likeness (QED) is 0.477. The first kappa shape index (κ1) is 9.18. The Morgan fingerprint density at radius 2 is 2.18 bits per heavy atom. The van der Waals surface area contributed by atoms with E-state index in [9.17, 15) is 8.42 Å². The summed E-state index contributed by atoms with van der Waals surface area (Å²) >= 11 is 0. The third-order valence-corrected chi connectivity index (χ3v) is 5.49. The van der Waals surface area contributed by atoms with Crippen LogP contribution in [0, 0.1) is 0 Å². The minimum Gasteiger partial charge on any atom is -0.381 e. The number of ether oxygens (including phenoxy) is 1. The van der Waals surface area contributed by atoms with Crippen molar-refractivity contribution >= 4 is 18.2 Å². The van der Waals surface area contributed by atoms with Gasteiger partial charge in [0.1, 0.15) is 0 Å². The van der Waals surface area contributed by atoms with E-state index < -0.39 is 18.2 Å². The predicted molar refractivity (Wildman–Crippen MR) is 43.7 cm³/mol. The highest BCUT2D eigenvalue weighted by atomic mass is 32.4. The molecule has 0 saturated carbocycles. The molecule has 1 heterocycles. The lowest BCUT2D eigenvalue weighted by Gasteiger charge is -2.20. The van der Waals surface area contributed by atoms with Gasteiger partial charge in [-0.1, -0.05) is 0 Å². The van der Waals surface area contributed by atoms with Crippen LogP contribution < -0.4 is 0 Å². The van der Waals surface area contributed by atoms with Gasteiger partial charge in [-0.25, -0.2) is 8.42 Å². The van der Waals surface area contributed by atoms with Gasteiger partial charge in [-0.3, -0.25) is 4.55 Å². The van der Waals surface area contributed by atoms with Crippen molar-refractivity contribution in [2.24, 2.45) is 0 Å². The van der Waals surface area contributed by atoms with Gasteiger partial charge in [0.05, 0.1) is 5.73 Å². The Labute approximate surface area is 68.2 Å². The van der Waals surface area contributed by atoms with Crippen molar-refractivity contribution in [3.05, 3.63) is 0 Å². The van der Waals surface area contributed by atoms with Gasteiger partial charge < -0.3 is 4.74 Å². The second-order valence-corrected chi connectivity index (χ2v) is 8.33. The van der Waals surface area contributed by atoms with E-state index in [1.165, 1.54) is 0 Å². The Balaban J connectivity index is 2.36. The molecule has 0 radical (unpaired) electrons. The van der Waals surface area contributed by atoms with Gasteiger partial charge in [0.25, 0.3) is 0 Å². The van der Waals surface area contributed by atoms with Gasteiger partial charge >= 0.3 is 0 Å². The molecular weight excluding hydrogens is 184 g/mol. The molecule has 0 aliphatic carbocycles. The lowest BCUT2D eigenvalue weighted by molar-refractivity contribution is 0.0664. The maximum atomic E-state index is 10.4. The van der Waals surface area contributed by atoms with Crippen LogP contribution in [-0.4, -0.2) is 34.0 Å². The Kier molecular flexibility index (Phi) is 3.05. The molecule has 1 unspecified atom stereocenters. The van der Waals surface area contributed by atoms with Crippen molar-refractivity contribution < 1.29 is 17.7 Å². The zero-order chi connectivity index (χ0) is 8.32. The molecule has 1 aliphatic rings. The van der Waals surface area contributed by atoms with Gasteiger partial charge in [-0.05, 0) is 19.3 Å². The number of rotatable bonds is 2. The summed E-state index contributed by atoms with van der Waals surface area (Å²) in [5.41, 5.74) is -0.154. The molecule has 11 heavy (non-hydrogen) atoms. The number of hydrogen-bond donors (Lipinski definition) is 1. The van der Waals surface area contributed by atoms with Crippen LogP contribution in [0.15, 0.2) is 0 Å². The molecule has 1 rings (SSSR count). The van der Waals surface area contributed by atoms with Crippen LogP contribution in [0.25, 0.3) is 0 Å². The van der Waals surface area contributed by atoms with E-state index >= 15 is 0 Å². The Morgan fingerprint density at radius 3 is 2.64 bits per heavy atom. The van der Waals surface area contributed by atoms with Crippen molar-refractivity contribution in [2.75, 3.05) is 6.61 Å². The van der Waals surface area contributed by atoms with Crippen molar-refractivity contribution in [3.8, 4) is 0 Å². The molecule has 0 aromatic rings. The van der Waals surface area contributed by atoms with E-state index in [1.54, 1.807) is 0 Å². The van der Waals surface area contributed by atoms with Gasteiger partial charge in [-0.15, -0.1) is 0 Å².